The fraction of sp³-hybridized carbons (Fsp3) is 0.167. The molecular formula is C12H10BrClS. The molecule has 0 aliphatic heterocycles. The highest BCUT2D eigenvalue weighted by atomic mass is 79.9. The maximum absolute atomic E-state index is 6.10. The molecular weight excluding hydrogens is 292 g/mol. The number of alkyl halides is 1. The zero-order valence-electron chi connectivity index (χ0n) is 8.21. The molecule has 78 valence electrons. The standard InChI is InChI=1S/C12H10BrClS/c1-8-9(4-2-5-10(8)14)12(13)11-6-3-7-15-11/h2-7,12H,1H3. The minimum absolute atomic E-state index is 0.246. The van der Waals surface area contributed by atoms with Gasteiger partial charge in [0.05, 0.1) is 4.83 Å². The summed E-state index contributed by atoms with van der Waals surface area (Å²) in [6.07, 6.45) is 0. The molecule has 15 heavy (non-hydrogen) atoms. The van der Waals surface area contributed by atoms with Crippen molar-refractivity contribution in [3.8, 4) is 0 Å². The van der Waals surface area contributed by atoms with E-state index in [0.29, 0.717) is 0 Å². The molecule has 0 saturated heterocycles. The van der Waals surface area contributed by atoms with Crippen LogP contribution in [-0.2, 0) is 0 Å². The molecule has 0 amide bonds. The van der Waals surface area contributed by atoms with Crippen LogP contribution < -0.4 is 0 Å². The van der Waals surface area contributed by atoms with E-state index >= 15 is 0 Å². The van der Waals surface area contributed by atoms with E-state index < -0.39 is 0 Å². The summed E-state index contributed by atoms with van der Waals surface area (Å²) < 4.78 is 0. The molecule has 0 N–H and O–H groups in total. The van der Waals surface area contributed by atoms with Gasteiger partial charge in [-0.15, -0.1) is 11.3 Å². The summed E-state index contributed by atoms with van der Waals surface area (Å²) >= 11 is 11.6. The van der Waals surface area contributed by atoms with Crippen molar-refractivity contribution < 1.29 is 0 Å². The molecule has 0 radical (unpaired) electrons. The average Bonchev–Trinajstić information content (AvgIpc) is 2.74. The molecule has 1 unspecified atom stereocenters. The van der Waals surface area contributed by atoms with E-state index in [-0.39, 0.29) is 4.83 Å². The average molecular weight is 302 g/mol. The summed E-state index contributed by atoms with van der Waals surface area (Å²) in [5, 5.41) is 2.91. The van der Waals surface area contributed by atoms with Gasteiger partial charge >= 0.3 is 0 Å². The van der Waals surface area contributed by atoms with Crippen molar-refractivity contribution in [2.75, 3.05) is 0 Å². The first-order chi connectivity index (χ1) is 7.20. The van der Waals surface area contributed by atoms with Crippen LogP contribution in [0.1, 0.15) is 20.8 Å². The quantitative estimate of drug-likeness (QED) is 0.669. The number of rotatable bonds is 2. The molecule has 0 spiro atoms. The minimum atomic E-state index is 0.246. The zero-order valence-corrected chi connectivity index (χ0v) is 11.4. The molecule has 0 fully saturated rings. The lowest BCUT2D eigenvalue weighted by Gasteiger charge is -2.12. The van der Waals surface area contributed by atoms with E-state index in [1.807, 2.05) is 12.1 Å². The highest BCUT2D eigenvalue weighted by Gasteiger charge is 2.14. The van der Waals surface area contributed by atoms with Crippen molar-refractivity contribution in [1.29, 1.82) is 0 Å². The summed E-state index contributed by atoms with van der Waals surface area (Å²) in [4.78, 5) is 1.55. The highest BCUT2D eigenvalue weighted by molar-refractivity contribution is 9.09. The van der Waals surface area contributed by atoms with Crippen molar-refractivity contribution in [2.45, 2.75) is 11.8 Å². The summed E-state index contributed by atoms with van der Waals surface area (Å²) in [7, 11) is 0. The van der Waals surface area contributed by atoms with Gasteiger partial charge in [-0.25, -0.2) is 0 Å². The maximum Gasteiger partial charge on any atom is 0.0741 e. The largest absolute Gasteiger partial charge is 0.147 e. The summed E-state index contributed by atoms with van der Waals surface area (Å²) in [5.74, 6) is 0. The molecule has 0 nitrogen and oxygen atoms in total. The molecule has 0 bridgehead atoms. The zero-order chi connectivity index (χ0) is 10.8. The third-order valence-electron chi connectivity index (χ3n) is 2.38. The molecule has 2 aromatic rings. The molecule has 1 aromatic heterocycles. The van der Waals surface area contributed by atoms with Gasteiger partial charge in [0.15, 0.2) is 0 Å². The van der Waals surface area contributed by atoms with Crippen LogP contribution in [0.5, 0.6) is 0 Å². The van der Waals surface area contributed by atoms with Crippen molar-refractivity contribution in [3.63, 3.8) is 0 Å². The van der Waals surface area contributed by atoms with E-state index in [2.05, 4.69) is 46.4 Å². The second-order valence-electron chi connectivity index (χ2n) is 3.33. The molecule has 1 heterocycles. The number of benzene rings is 1. The lowest BCUT2D eigenvalue weighted by atomic mass is 10.1. The normalized spacial score (nSPS) is 12.7. The number of thiophene rings is 1. The van der Waals surface area contributed by atoms with E-state index in [4.69, 9.17) is 11.6 Å². The monoisotopic (exact) mass is 300 g/mol. The Morgan fingerprint density at radius 2 is 2.07 bits per heavy atom. The van der Waals surface area contributed by atoms with Crippen molar-refractivity contribution in [3.05, 3.63) is 56.7 Å². The van der Waals surface area contributed by atoms with Crippen LogP contribution in [0.15, 0.2) is 35.7 Å². The summed E-state index contributed by atoms with van der Waals surface area (Å²) in [6, 6.07) is 10.2. The Labute approximate surface area is 107 Å². The second-order valence-corrected chi connectivity index (χ2v) is 5.63. The third kappa shape index (κ3) is 2.27. The minimum Gasteiger partial charge on any atom is -0.147 e. The third-order valence-corrected chi connectivity index (χ3v) is 5.01. The first-order valence-corrected chi connectivity index (χ1v) is 6.80. The number of halogens is 2. The fourth-order valence-electron chi connectivity index (χ4n) is 1.49. The van der Waals surface area contributed by atoms with Crippen LogP contribution in [0, 0.1) is 6.92 Å². The van der Waals surface area contributed by atoms with Gasteiger partial charge < -0.3 is 0 Å². The first kappa shape index (κ1) is 11.2. The van der Waals surface area contributed by atoms with Gasteiger partial charge in [0.1, 0.15) is 0 Å². The van der Waals surface area contributed by atoms with Crippen LogP contribution >= 0.6 is 38.9 Å². The highest BCUT2D eigenvalue weighted by Crippen LogP contribution is 2.36. The Balaban J connectivity index is 2.42. The number of hydrogen-bond donors (Lipinski definition) is 0. The first-order valence-electron chi connectivity index (χ1n) is 4.62. The molecule has 1 aromatic carbocycles. The molecule has 0 aliphatic rings. The molecule has 3 heteroatoms. The molecule has 0 aliphatic carbocycles. The Morgan fingerprint density at radius 1 is 1.27 bits per heavy atom. The van der Waals surface area contributed by atoms with Gasteiger partial charge in [-0.2, -0.15) is 0 Å². The van der Waals surface area contributed by atoms with Crippen LogP contribution in [0.4, 0.5) is 0 Å². The van der Waals surface area contributed by atoms with Crippen molar-refractivity contribution in [1.82, 2.24) is 0 Å². The Bertz CT molecular complexity index is 451. The van der Waals surface area contributed by atoms with Gasteiger partial charge in [0.2, 0.25) is 0 Å². The summed E-state index contributed by atoms with van der Waals surface area (Å²) in [5.41, 5.74) is 2.39. The summed E-state index contributed by atoms with van der Waals surface area (Å²) in [6.45, 7) is 2.06. The lowest BCUT2D eigenvalue weighted by Crippen LogP contribution is -1.93. The molecule has 0 saturated carbocycles. The molecule has 2 rings (SSSR count). The van der Waals surface area contributed by atoms with Gasteiger partial charge in [-0.05, 0) is 35.6 Å². The number of hydrogen-bond acceptors (Lipinski definition) is 1. The van der Waals surface area contributed by atoms with Gasteiger partial charge in [0, 0.05) is 9.90 Å². The van der Waals surface area contributed by atoms with Gasteiger partial charge in [-0.1, -0.05) is 45.7 Å². The van der Waals surface area contributed by atoms with Crippen LogP contribution in [-0.4, -0.2) is 0 Å². The topological polar surface area (TPSA) is 0 Å². The Morgan fingerprint density at radius 3 is 2.73 bits per heavy atom. The Hall–Kier alpha value is -0.310. The van der Waals surface area contributed by atoms with E-state index in [9.17, 15) is 0 Å². The van der Waals surface area contributed by atoms with Gasteiger partial charge in [-0.3, -0.25) is 0 Å². The SMILES string of the molecule is Cc1c(Cl)cccc1C(Br)c1cccs1. The van der Waals surface area contributed by atoms with E-state index in [0.717, 1.165) is 10.6 Å². The fourth-order valence-corrected chi connectivity index (χ4v) is 3.36. The van der Waals surface area contributed by atoms with Crippen molar-refractivity contribution in [2.24, 2.45) is 0 Å². The van der Waals surface area contributed by atoms with E-state index in [1.54, 1.807) is 11.3 Å². The smallest absolute Gasteiger partial charge is 0.0741 e. The Kier molecular flexibility index (Phi) is 3.49. The van der Waals surface area contributed by atoms with Crippen LogP contribution in [0.2, 0.25) is 5.02 Å². The lowest BCUT2D eigenvalue weighted by molar-refractivity contribution is 1.18. The van der Waals surface area contributed by atoms with E-state index in [1.165, 1.54) is 10.4 Å². The van der Waals surface area contributed by atoms with Crippen LogP contribution in [0.25, 0.3) is 0 Å². The predicted octanol–water partition coefficient (Wildman–Crippen LogP) is 5.19. The predicted molar refractivity (Wildman–Crippen MR) is 71.3 cm³/mol. The van der Waals surface area contributed by atoms with Crippen molar-refractivity contribution >= 4 is 38.9 Å². The maximum atomic E-state index is 6.10. The van der Waals surface area contributed by atoms with Gasteiger partial charge in [0.25, 0.3) is 0 Å². The molecule has 1 atom stereocenters. The second kappa shape index (κ2) is 4.69. The van der Waals surface area contributed by atoms with Crippen LogP contribution in [0.3, 0.4) is 0 Å².